The second kappa shape index (κ2) is 8.14. The van der Waals surface area contributed by atoms with Crippen LogP contribution in [0.3, 0.4) is 0 Å². The molecule has 0 radical (unpaired) electrons. The number of anilines is 9. The number of hydrogen-bond donors (Lipinski definition) is 0. The van der Waals surface area contributed by atoms with E-state index in [0.717, 1.165) is 19.3 Å². The molecule has 0 amide bonds. The summed E-state index contributed by atoms with van der Waals surface area (Å²) in [7, 11) is 0. The van der Waals surface area contributed by atoms with Crippen LogP contribution in [0.25, 0.3) is 0 Å². The fourth-order valence-electron chi connectivity index (χ4n) is 7.62. The first-order valence-electron chi connectivity index (χ1n) is 14.8. The maximum atomic E-state index is 2.49. The molecule has 6 aromatic carbocycles. The van der Waals surface area contributed by atoms with Crippen molar-refractivity contribution in [2.45, 2.75) is 19.3 Å². The summed E-state index contributed by atoms with van der Waals surface area (Å²) in [5.41, 5.74) is 19.3. The third kappa shape index (κ3) is 3.00. The quantitative estimate of drug-likeness (QED) is 0.191. The van der Waals surface area contributed by atoms with Gasteiger partial charge in [-0.15, -0.1) is 0 Å². The molecule has 0 fully saturated rings. The van der Waals surface area contributed by atoms with E-state index in [-0.39, 0.29) is 0 Å². The highest BCUT2D eigenvalue weighted by molar-refractivity contribution is 5.94. The van der Waals surface area contributed by atoms with E-state index in [2.05, 4.69) is 142 Å². The molecule has 0 aromatic heterocycles. The molecule has 3 nitrogen and oxygen atoms in total. The van der Waals surface area contributed by atoms with Gasteiger partial charge < -0.3 is 14.7 Å². The molecule has 4 aliphatic rings. The lowest BCUT2D eigenvalue weighted by atomic mass is 9.90. The zero-order valence-electron chi connectivity index (χ0n) is 23.1. The van der Waals surface area contributed by atoms with Gasteiger partial charge in [0.2, 0.25) is 0 Å². The van der Waals surface area contributed by atoms with Crippen LogP contribution in [0.5, 0.6) is 0 Å². The number of rotatable bonds is 0. The second-order valence-electron chi connectivity index (χ2n) is 11.9. The van der Waals surface area contributed by atoms with Crippen LogP contribution in [0.2, 0.25) is 0 Å². The van der Waals surface area contributed by atoms with E-state index in [4.69, 9.17) is 0 Å². The molecule has 0 saturated heterocycles. The largest absolute Gasteiger partial charge is 0.310 e. The van der Waals surface area contributed by atoms with E-state index in [0.29, 0.717) is 0 Å². The van der Waals surface area contributed by atoms with E-state index < -0.39 is 0 Å². The summed E-state index contributed by atoms with van der Waals surface area (Å²) in [6.07, 6.45) is 2.80. The predicted molar refractivity (Wildman–Crippen MR) is 172 cm³/mol. The fourth-order valence-corrected chi connectivity index (χ4v) is 7.62. The van der Waals surface area contributed by atoms with E-state index in [1.54, 1.807) is 0 Å². The standard InChI is InChI=1S/C39H27N3/c1-4-10-34-25(7-1)19-28-13-16-32-23-37(28)40(34)31-17-14-29-20-26-8-3-6-12-36(26)42(38(29)22-31)33-18-15-30-21-27-9-2-5-11-35(27)41(32)39(30)24-33/h1-18,22-24H,19-21H2. The average Bonchev–Trinajstić information content (AvgIpc) is 3.04. The minimum absolute atomic E-state index is 0.935. The molecule has 0 saturated carbocycles. The second-order valence-corrected chi connectivity index (χ2v) is 11.9. The summed E-state index contributed by atoms with van der Waals surface area (Å²) in [5.74, 6) is 0. The van der Waals surface area contributed by atoms with Crippen LogP contribution in [0, 0.1) is 0 Å². The van der Waals surface area contributed by atoms with Crippen LogP contribution in [0.4, 0.5) is 51.2 Å². The molecule has 6 aromatic rings. The van der Waals surface area contributed by atoms with Crippen LogP contribution < -0.4 is 14.7 Å². The van der Waals surface area contributed by atoms with E-state index >= 15 is 0 Å². The van der Waals surface area contributed by atoms with Crippen LogP contribution >= 0.6 is 0 Å². The number of para-hydroxylation sites is 3. The number of nitrogens with zero attached hydrogens (tertiary/aromatic N) is 3. The monoisotopic (exact) mass is 537 g/mol. The molecule has 0 unspecified atom stereocenters. The zero-order chi connectivity index (χ0) is 27.4. The molecular formula is C39H27N3. The van der Waals surface area contributed by atoms with Gasteiger partial charge in [-0.3, -0.25) is 0 Å². The third-order valence-electron chi connectivity index (χ3n) is 9.54. The van der Waals surface area contributed by atoms with Crippen molar-refractivity contribution in [3.8, 4) is 0 Å². The summed E-state index contributed by atoms with van der Waals surface area (Å²) < 4.78 is 0. The first-order chi connectivity index (χ1) is 20.8. The van der Waals surface area contributed by atoms with Crippen LogP contribution in [-0.4, -0.2) is 0 Å². The lowest BCUT2D eigenvalue weighted by molar-refractivity contribution is 1.05. The Morgan fingerprint density at radius 1 is 0.286 bits per heavy atom. The summed E-state index contributed by atoms with van der Waals surface area (Å²) in [4.78, 5) is 7.47. The predicted octanol–water partition coefficient (Wildman–Crippen LogP) is 10.1. The lowest BCUT2D eigenvalue weighted by Crippen LogP contribution is -2.24. The summed E-state index contributed by atoms with van der Waals surface area (Å²) in [6.45, 7) is 0. The molecule has 0 spiro atoms. The molecule has 0 N–H and O–H groups in total. The Morgan fingerprint density at radius 3 is 0.905 bits per heavy atom. The minimum atomic E-state index is 0.935. The Balaban J connectivity index is 1.33. The molecule has 42 heavy (non-hydrogen) atoms. The third-order valence-corrected chi connectivity index (χ3v) is 9.54. The van der Waals surface area contributed by atoms with E-state index in [1.165, 1.54) is 84.6 Å². The Kier molecular flexibility index (Phi) is 4.35. The normalized spacial score (nSPS) is 14.7. The maximum Gasteiger partial charge on any atom is 0.0518 e. The van der Waals surface area contributed by atoms with Crippen molar-refractivity contribution in [1.82, 2.24) is 0 Å². The van der Waals surface area contributed by atoms with Gasteiger partial charge in [0, 0.05) is 53.4 Å². The molecular weight excluding hydrogens is 510 g/mol. The highest BCUT2D eigenvalue weighted by Crippen LogP contribution is 2.53. The lowest BCUT2D eigenvalue weighted by Gasteiger charge is -2.40. The highest BCUT2D eigenvalue weighted by atomic mass is 15.2. The van der Waals surface area contributed by atoms with Crippen molar-refractivity contribution in [2.24, 2.45) is 0 Å². The van der Waals surface area contributed by atoms with Crippen LogP contribution in [0.15, 0.2) is 127 Å². The van der Waals surface area contributed by atoms with E-state index in [9.17, 15) is 0 Å². The summed E-state index contributed by atoms with van der Waals surface area (Å²) >= 11 is 0. The van der Waals surface area contributed by atoms with Crippen molar-refractivity contribution in [3.63, 3.8) is 0 Å². The first kappa shape index (κ1) is 22.4. The first-order valence-corrected chi connectivity index (χ1v) is 14.8. The van der Waals surface area contributed by atoms with Gasteiger partial charge in [0.05, 0.1) is 17.1 Å². The number of fused-ring (bicyclic) bond motifs is 12. The molecule has 10 rings (SSSR count). The van der Waals surface area contributed by atoms with Gasteiger partial charge in [-0.25, -0.2) is 0 Å². The highest BCUT2D eigenvalue weighted by Gasteiger charge is 2.32. The van der Waals surface area contributed by atoms with Gasteiger partial charge in [-0.1, -0.05) is 72.8 Å². The van der Waals surface area contributed by atoms with Crippen LogP contribution in [-0.2, 0) is 19.3 Å². The Labute approximate surface area is 245 Å². The molecule has 198 valence electrons. The molecule has 0 atom stereocenters. The molecule has 4 heterocycles. The minimum Gasteiger partial charge on any atom is -0.310 e. The van der Waals surface area contributed by atoms with Crippen molar-refractivity contribution in [2.75, 3.05) is 14.7 Å². The molecule has 6 bridgehead atoms. The topological polar surface area (TPSA) is 9.72 Å². The Morgan fingerprint density at radius 2 is 0.571 bits per heavy atom. The van der Waals surface area contributed by atoms with E-state index in [1.807, 2.05) is 0 Å². The van der Waals surface area contributed by atoms with Gasteiger partial charge in [0.1, 0.15) is 0 Å². The summed E-state index contributed by atoms with van der Waals surface area (Å²) in [5, 5.41) is 0. The summed E-state index contributed by atoms with van der Waals surface area (Å²) in [6, 6.07) is 47.9. The molecule has 4 aliphatic heterocycles. The van der Waals surface area contributed by atoms with Crippen LogP contribution in [0.1, 0.15) is 33.4 Å². The maximum absolute atomic E-state index is 2.49. The van der Waals surface area contributed by atoms with Gasteiger partial charge >= 0.3 is 0 Å². The zero-order valence-corrected chi connectivity index (χ0v) is 23.1. The number of benzene rings is 6. The smallest absolute Gasteiger partial charge is 0.0518 e. The molecule has 3 heteroatoms. The number of hydrogen-bond acceptors (Lipinski definition) is 3. The van der Waals surface area contributed by atoms with Gasteiger partial charge in [0.15, 0.2) is 0 Å². The van der Waals surface area contributed by atoms with Gasteiger partial charge in [0.25, 0.3) is 0 Å². The fraction of sp³-hybridized carbons (Fsp3) is 0.0769. The van der Waals surface area contributed by atoms with Crippen molar-refractivity contribution < 1.29 is 0 Å². The van der Waals surface area contributed by atoms with Crippen molar-refractivity contribution in [3.05, 3.63) is 161 Å². The Hall–Kier alpha value is -5.28. The Bertz CT molecular complexity index is 1870. The van der Waals surface area contributed by atoms with Gasteiger partial charge in [-0.05, 0) is 88.0 Å². The SMILES string of the molecule is c1ccc2c(c1)Cc1ccc3cc1N2c1ccc2c(c1)N(c1ccc4c(c1)N3c1ccccc1C4)c1ccccc1C2. The van der Waals surface area contributed by atoms with Crippen molar-refractivity contribution >= 4 is 51.2 Å². The van der Waals surface area contributed by atoms with Crippen molar-refractivity contribution in [1.29, 1.82) is 0 Å². The van der Waals surface area contributed by atoms with Gasteiger partial charge in [-0.2, -0.15) is 0 Å². The average molecular weight is 538 g/mol. The molecule has 0 aliphatic carbocycles.